The smallest absolute Gasteiger partial charge is 0.226 e. The second kappa shape index (κ2) is 7.11. The first-order valence-corrected chi connectivity index (χ1v) is 6.26. The highest BCUT2D eigenvalue weighted by Gasteiger charge is 2.12. The third-order valence-electron chi connectivity index (χ3n) is 3.08. The Hall–Kier alpha value is -1.42. The first kappa shape index (κ1) is 14.6. The van der Waals surface area contributed by atoms with E-state index in [1.807, 2.05) is 0 Å². The monoisotopic (exact) mass is 252 g/mol. The van der Waals surface area contributed by atoms with Crippen molar-refractivity contribution in [1.82, 2.24) is 0 Å². The Morgan fingerprint density at radius 3 is 2.78 bits per heavy atom. The van der Waals surface area contributed by atoms with Crippen LogP contribution in [0.1, 0.15) is 26.2 Å². The summed E-state index contributed by atoms with van der Waals surface area (Å²) in [7, 11) is 1.67. The minimum Gasteiger partial charge on any atom is -0.330 e. The fourth-order valence-corrected chi connectivity index (χ4v) is 1.80. The highest BCUT2D eigenvalue weighted by atomic mass is 19.1. The Bertz CT molecular complexity index is 395. The van der Waals surface area contributed by atoms with E-state index in [1.165, 1.54) is 17.0 Å². The molecule has 0 saturated heterocycles. The number of benzene rings is 1. The SMILES string of the molecule is CC(CCN)CCC(=O)N(C)c1cccc(F)c1. The van der Waals surface area contributed by atoms with Crippen LogP contribution in [0, 0.1) is 11.7 Å². The van der Waals surface area contributed by atoms with Crippen LogP contribution >= 0.6 is 0 Å². The van der Waals surface area contributed by atoms with Gasteiger partial charge in [-0.1, -0.05) is 13.0 Å². The number of amides is 1. The van der Waals surface area contributed by atoms with Crippen LogP contribution in [0.2, 0.25) is 0 Å². The third kappa shape index (κ3) is 4.45. The maximum absolute atomic E-state index is 13.1. The molecule has 1 rings (SSSR count). The van der Waals surface area contributed by atoms with Gasteiger partial charge in [0, 0.05) is 19.2 Å². The molecule has 1 amide bonds. The summed E-state index contributed by atoms with van der Waals surface area (Å²) in [5.41, 5.74) is 6.06. The van der Waals surface area contributed by atoms with Crippen LogP contribution in [-0.2, 0) is 4.79 Å². The van der Waals surface area contributed by atoms with Gasteiger partial charge in [0.2, 0.25) is 5.91 Å². The molecule has 0 fully saturated rings. The molecule has 0 radical (unpaired) electrons. The molecular formula is C14H21FN2O. The zero-order valence-corrected chi connectivity index (χ0v) is 11.0. The number of anilines is 1. The Kier molecular flexibility index (Phi) is 5.78. The molecule has 18 heavy (non-hydrogen) atoms. The fraction of sp³-hybridized carbons (Fsp3) is 0.500. The quantitative estimate of drug-likeness (QED) is 0.845. The second-order valence-electron chi connectivity index (χ2n) is 4.65. The molecule has 100 valence electrons. The molecule has 1 atom stereocenters. The molecular weight excluding hydrogens is 231 g/mol. The highest BCUT2D eigenvalue weighted by Crippen LogP contribution is 2.17. The van der Waals surface area contributed by atoms with Crippen LogP contribution < -0.4 is 10.6 Å². The molecule has 0 heterocycles. The normalized spacial score (nSPS) is 12.2. The fourth-order valence-electron chi connectivity index (χ4n) is 1.80. The van der Waals surface area contributed by atoms with E-state index in [0.717, 1.165) is 12.8 Å². The molecule has 0 aliphatic rings. The van der Waals surface area contributed by atoms with Gasteiger partial charge in [0.15, 0.2) is 0 Å². The van der Waals surface area contributed by atoms with E-state index in [1.54, 1.807) is 19.2 Å². The van der Waals surface area contributed by atoms with Crippen molar-refractivity contribution in [2.45, 2.75) is 26.2 Å². The standard InChI is InChI=1S/C14H21FN2O/c1-11(8-9-16)6-7-14(18)17(2)13-5-3-4-12(15)10-13/h3-5,10-11H,6-9,16H2,1-2H3. The molecule has 0 aromatic heterocycles. The van der Waals surface area contributed by atoms with Crippen LogP contribution in [0.25, 0.3) is 0 Å². The van der Waals surface area contributed by atoms with E-state index < -0.39 is 0 Å². The Balaban J connectivity index is 2.51. The summed E-state index contributed by atoms with van der Waals surface area (Å²) in [6.45, 7) is 2.73. The highest BCUT2D eigenvalue weighted by molar-refractivity contribution is 5.92. The largest absolute Gasteiger partial charge is 0.330 e. The van der Waals surface area contributed by atoms with Crippen molar-refractivity contribution in [3.8, 4) is 0 Å². The van der Waals surface area contributed by atoms with E-state index in [4.69, 9.17) is 5.73 Å². The van der Waals surface area contributed by atoms with Crippen LogP contribution in [-0.4, -0.2) is 19.5 Å². The first-order valence-electron chi connectivity index (χ1n) is 6.26. The molecule has 0 spiro atoms. The molecule has 3 nitrogen and oxygen atoms in total. The van der Waals surface area contributed by atoms with Crippen molar-refractivity contribution in [2.24, 2.45) is 11.7 Å². The molecule has 0 bridgehead atoms. The van der Waals surface area contributed by atoms with Crippen molar-refractivity contribution >= 4 is 11.6 Å². The van der Waals surface area contributed by atoms with Gasteiger partial charge < -0.3 is 10.6 Å². The molecule has 1 unspecified atom stereocenters. The molecule has 1 aromatic carbocycles. The zero-order chi connectivity index (χ0) is 13.5. The van der Waals surface area contributed by atoms with Crippen LogP contribution in [0.5, 0.6) is 0 Å². The van der Waals surface area contributed by atoms with Gasteiger partial charge >= 0.3 is 0 Å². The number of hydrogen-bond donors (Lipinski definition) is 1. The number of nitrogens with two attached hydrogens (primary N) is 1. The molecule has 4 heteroatoms. The van der Waals surface area contributed by atoms with E-state index in [0.29, 0.717) is 24.6 Å². The van der Waals surface area contributed by atoms with Crippen molar-refractivity contribution in [3.05, 3.63) is 30.1 Å². The van der Waals surface area contributed by atoms with E-state index in [9.17, 15) is 9.18 Å². The number of nitrogens with zero attached hydrogens (tertiary/aromatic N) is 1. The Morgan fingerprint density at radius 2 is 2.17 bits per heavy atom. The summed E-state index contributed by atoms with van der Waals surface area (Å²) in [4.78, 5) is 13.4. The summed E-state index contributed by atoms with van der Waals surface area (Å²) in [6, 6.07) is 6.06. The molecule has 1 aromatic rings. The van der Waals surface area contributed by atoms with Gasteiger partial charge in [-0.15, -0.1) is 0 Å². The summed E-state index contributed by atoms with van der Waals surface area (Å²) in [5.74, 6) is 0.119. The van der Waals surface area contributed by atoms with Crippen LogP contribution in [0.4, 0.5) is 10.1 Å². The third-order valence-corrected chi connectivity index (χ3v) is 3.08. The average Bonchev–Trinajstić information content (AvgIpc) is 2.35. The number of hydrogen-bond acceptors (Lipinski definition) is 2. The van der Waals surface area contributed by atoms with E-state index >= 15 is 0 Å². The number of carbonyl (C=O) groups is 1. The minimum atomic E-state index is -0.330. The lowest BCUT2D eigenvalue weighted by molar-refractivity contribution is -0.118. The lowest BCUT2D eigenvalue weighted by Gasteiger charge is -2.18. The van der Waals surface area contributed by atoms with Gasteiger partial charge in [0.05, 0.1) is 0 Å². The number of halogens is 1. The predicted molar refractivity (Wildman–Crippen MR) is 71.9 cm³/mol. The minimum absolute atomic E-state index is 0.00414. The number of carbonyl (C=O) groups excluding carboxylic acids is 1. The molecule has 0 aliphatic carbocycles. The Labute approximate surface area is 108 Å². The molecule has 0 aliphatic heterocycles. The summed E-state index contributed by atoms with van der Waals surface area (Å²) in [6.07, 6.45) is 2.21. The predicted octanol–water partition coefficient (Wildman–Crippen LogP) is 2.55. The first-order chi connectivity index (χ1) is 8.54. The second-order valence-corrected chi connectivity index (χ2v) is 4.65. The molecule has 2 N–H and O–H groups in total. The van der Waals surface area contributed by atoms with Gasteiger partial charge in [-0.3, -0.25) is 4.79 Å². The average molecular weight is 252 g/mol. The van der Waals surface area contributed by atoms with Gasteiger partial charge in [0.1, 0.15) is 5.82 Å². The van der Waals surface area contributed by atoms with E-state index in [2.05, 4.69) is 6.92 Å². The van der Waals surface area contributed by atoms with Crippen molar-refractivity contribution in [3.63, 3.8) is 0 Å². The zero-order valence-electron chi connectivity index (χ0n) is 11.0. The van der Waals surface area contributed by atoms with Gasteiger partial charge in [0.25, 0.3) is 0 Å². The van der Waals surface area contributed by atoms with Crippen molar-refractivity contribution < 1.29 is 9.18 Å². The topological polar surface area (TPSA) is 46.3 Å². The van der Waals surface area contributed by atoms with Crippen LogP contribution in [0.15, 0.2) is 24.3 Å². The van der Waals surface area contributed by atoms with Gasteiger partial charge in [-0.25, -0.2) is 4.39 Å². The van der Waals surface area contributed by atoms with Crippen LogP contribution in [0.3, 0.4) is 0 Å². The Morgan fingerprint density at radius 1 is 1.44 bits per heavy atom. The summed E-state index contributed by atoms with van der Waals surface area (Å²) < 4.78 is 13.1. The van der Waals surface area contributed by atoms with Crippen molar-refractivity contribution in [1.29, 1.82) is 0 Å². The van der Waals surface area contributed by atoms with Gasteiger partial charge in [-0.2, -0.15) is 0 Å². The summed E-state index contributed by atoms with van der Waals surface area (Å²) in [5, 5.41) is 0. The lowest BCUT2D eigenvalue weighted by Crippen LogP contribution is -2.26. The maximum atomic E-state index is 13.1. The molecule has 0 saturated carbocycles. The maximum Gasteiger partial charge on any atom is 0.226 e. The van der Waals surface area contributed by atoms with E-state index in [-0.39, 0.29) is 11.7 Å². The van der Waals surface area contributed by atoms with Crippen molar-refractivity contribution in [2.75, 3.05) is 18.5 Å². The lowest BCUT2D eigenvalue weighted by atomic mass is 10.0. The summed E-state index contributed by atoms with van der Waals surface area (Å²) >= 11 is 0. The number of rotatable bonds is 6. The van der Waals surface area contributed by atoms with Gasteiger partial charge in [-0.05, 0) is 43.5 Å².